The summed E-state index contributed by atoms with van der Waals surface area (Å²) in [5.41, 5.74) is 9.56. The second-order valence-corrected chi connectivity index (χ2v) is 10.8. The SMILES string of the molecule is N#Cc1ccc2c(c1)c1ccccc1n2-c1ccc2c(c1)OCOc1ccc(-c3ccc4c(c3)oc3ccccc34)cc1-2. The van der Waals surface area contributed by atoms with Gasteiger partial charge in [-0.15, -0.1) is 0 Å². The predicted octanol–water partition coefficient (Wildman–Crippen LogP) is 9.62. The molecular weight excluding hydrogens is 532 g/mol. The molecule has 1 aliphatic rings. The lowest BCUT2D eigenvalue weighted by Gasteiger charge is -2.13. The molecule has 9 rings (SSSR count). The van der Waals surface area contributed by atoms with E-state index in [0.717, 1.165) is 83.2 Å². The molecule has 0 spiro atoms. The van der Waals surface area contributed by atoms with Crippen LogP contribution in [0.5, 0.6) is 11.5 Å². The third-order valence-electron chi connectivity index (χ3n) is 8.44. The number of furan rings is 1. The van der Waals surface area contributed by atoms with E-state index in [0.29, 0.717) is 5.56 Å². The summed E-state index contributed by atoms with van der Waals surface area (Å²) in [4.78, 5) is 0. The Balaban J connectivity index is 1.18. The molecule has 5 nitrogen and oxygen atoms in total. The molecule has 6 aromatic carbocycles. The Bertz CT molecular complexity index is 2460. The van der Waals surface area contributed by atoms with Crippen LogP contribution < -0.4 is 9.47 Å². The number of benzene rings is 6. The maximum Gasteiger partial charge on any atom is 0.230 e. The largest absolute Gasteiger partial charge is 0.457 e. The van der Waals surface area contributed by atoms with Crippen molar-refractivity contribution in [1.82, 2.24) is 4.57 Å². The van der Waals surface area contributed by atoms with Gasteiger partial charge in [0, 0.05) is 44.4 Å². The molecule has 5 heteroatoms. The average Bonchev–Trinajstić information content (AvgIpc) is 3.53. The first-order valence-electron chi connectivity index (χ1n) is 14.1. The number of aromatic nitrogens is 1. The Morgan fingerprint density at radius 2 is 1.33 bits per heavy atom. The summed E-state index contributed by atoms with van der Waals surface area (Å²) in [5.74, 6) is 1.53. The van der Waals surface area contributed by atoms with Crippen LogP contribution in [0.25, 0.3) is 71.7 Å². The van der Waals surface area contributed by atoms with Crippen LogP contribution in [0.15, 0.2) is 126 Å². The first-order valence-corrected chi connectivity index (χ1v) is 14.1. The number of para-hydroxylation sites is 2. The predicted molar refractivity (Wildman–Crippen MR) is 170 cm³/mol. The summed E-state index contributed by atoms with van der Waals surface area (Å²) < 4.78 is 20.6. The molecule has 8 aromatic rings. The Morgan fingerprint density at radius 1 is 0.558 bits per heavy atom. The smallest absolute Gasteiger partial charge is 0.230 e. The van der Waals surface area contributed by atoms with Gasteiger partial charge in [0.25, 0.3) is 0 Å². The van der Waals surface area contributed by atoms with Gasteiger partial charge in [0.15, 0.2) is 0 Å². The van der Waals surface area contributed by atoms with Gasteiger partial charge >= 0.3 is 0 Å². The minimum absolute atomic E-state index is 0.118. The zero-order valence-corrected chi connectivity index (χ0v) is 22.9. The van der Waals surface area contributed by atoms with E-state index in [1.165, 1.54) is 0 Å². The molecule has 43 heavy (non-hydrogen) atoms. The van der Waals surface area contributed by atoms with E-state index in [1.54, 1.807) is 0 Å². The quantitative estimate of drug-likeness (QED) is 0.213. The molecule has 0 radical (unpaired) electrons. The lowest BCUT2D eigenvalue weighted by atomic mass is 9.96. The number of fused-ring (bicyclic) bond motifs is 9. The maximum atomic E-state index is 9.51. The zero-order chi connectivity index (χ0) is 28.5. The molecule has 0 unspecified atom stereocenters. The van der Waals surface area contributed by atoms with E-state index in [-0.39, 0.29) is 6.79 Å². The zero-order valence-electron chi connectivity index (χ0n) is 22.9. The number of hydrogen-bond acceptors (Lipinski definition) is 4. The van der Waals surface area contributed by atoms with Crippen molar-refractivity contribution in [3.8, 4) is 45.5 Å². The monoisotopic (exact) mass is 554 g/mol. The third-order valence-corrected chi connectivity index (χ3v) is 8.44. The molecule has 2 aromatic heterocycles. The fraction of sp³-hybridized carbons (Fsp3) is 0.0263. The van der Waals surface area contributed by atoms with Crippen molar-refractivity contribution in [3.05, 3.63) is 127 Å². The standard InChI is InChI=1S/C38H22N2O3/c39-21-23-9-15-34-31(17-23)27-5-1-3-7-33(27)40(34)26-12-14-30-32-18-24(11-16-35(32)41-22-42-37(30)20-26)25-10-13-29-28-6-2-4-8-36(28)43-38(29)19-25/h1-20H,22H2. The van der Waals surface area contributed by atoms with Crippen molar-refractivity contribution in [2.24, 2.45) is 0 Å². The average molecular weight is 555 g/mol. The number of rotatable bonds is 2. The Labute approximate surface area is 246 Å². The van der Waals surface area contributed by atoms with Crippen molar-refractivity contribution in [2.75, 3.05) is 6.79 Å². The van der Waals surface area contributed by atoms with Crippen LogP contribution in [-0.4, -0.2) is 11.4 Å². The fourth-order valence-electron chi connectivity index (χ4n) is 6.42. The van der Waals surface area contributed by atoms with Gasteiger partial charge in [0.1, 0.15) is 22.7 Å². The van der Waals surface area contributed by atoms with E-state index in [4.69, 9.17) is 13.9 Å². The van der Waals surface area contributed by atoms with Crippen LogP contribution in [0.2, 0.25) is 0 Å². The fourth-order valence-corrected chi connectivity index (χ4v) is 6.42. The first kappa shape index (κ1) is 23.7. The normalized spacial score (nSPS) is 12.4. The van der Waals surface area contributed by atoms with E-state index >= 15 is 0 Å². The van der Waals surface area contributed by atoms with Crippen molar-refractivity contribution in [2.45, 2.75) is 0 Å². The maximum absolute atomic E-state index is 9.51. The molecule has 0 amide bonds. The second kappa shape index (κ2) is 9.01. The molecule has 0 aliphatic carbocycles. The van der Waals surface area contributed by atoms with E-state index in [1.807, 2.05) is 54.6 Å². The number of nitrogens with zero attached hydrogens (tertiary/aromatic N) is 2. The number of ether oxygens (including phenoxy) is 2. The highest BCUT2D eigenvalue weighted by Crippen LogP contribution is 2.43. The molecule has 0 saturated heterocycles. The van der Waals surface area contributed by atoms with Gasteiger partial charge in [-0.3, -0.25) is 0 Å². The van der Waals surface area contributed by atoms with Crippen LogP contribution >= 0.6 is 0 Å². The van der Waals surface area contributed by atoms with E-state index in [9.17, 15) is 5.26 Å². The van der Waals surface area contributed by atoms with Crippen LogP contribution in [-0.2, 0) is 0 Å². The van der Waals surface area contributed by atoms with Crippen LogP contribution in [0.4, 0.5) is 0 Å². The molecule has 0 fully saturated rings. The van der Waals surface area contributed by atoms with Gasteiger partial charge in [0.2, 0.25) is 6.79 Å². The van der Waals surface area contributed by atoms with Crippen molar-refractivity contribution < 1.29 is 13.9 Å². The molecule has 0 atom stereocenters. The van der Waals surface area contributed by atoms with E-state index < -0.39 is 0 Å². The van der Waals surface area contributed by atoms with Gasteiger partial charge in [0.05, 0.1) is 22.7 Å². The van der Waals surface area contributed by atoms with Crippen molar-refractivity contribution >= 4 is 43.7 Å². The Hall–Kier alpha value is -5.99. The molecule has 0 bridgehead atoms. The highest BCUT2D eigenvalue weighted by molar-refractivity contribution is 6.10. The molecule has 0 N–H and O–H groups in total. The van der Waals surface area contributed by atoms with Crippen molar-refractivity contribution in [3.63, 3.8) is 0 Å². The first-order chi connectivity index (χ1) is 21.2. The second-order valence-electron chi connectivity index (χ2n) is 10.8. The van der Waals surface area contributed by atoms with Gasteiger partial charge in [-0.25, -0.2) is 0 Å². The van der Waals surface area contributed by atoms with Crippen LogP contribution in [0.3, 0.4) is 0 Å². The summed E-state index contributed by atoms with van der Waals surface area (Å²) >= 11 is 0. The minimum atomic E-state index is 0.118. The van der Waals surface area contributed by atoms with E-state index in [2.05, 4.69) is 77.4 Å². The third kappa shape index (κ3) is 3.57. The van der Waals surface area contributed by atoms with Gasteiger partial charge in [-0.2, -0.15) is 5.26 Å². The lowest BCUT2D eigenvalue weighted by molar-refractivity contribution is 0.125. The molecule has 3 heterocycles. The summed E-state index contributed by atoms with van der Waals surface area (Å²) in [6, 6.07) is 43.5. The topological polar surface area (TPSA) is 60.3 Å². The van der Waals surface area contributed by atoms with Gasteiger partial charge < -0.3 is 18.5 Å². The highest BCUT2D eigenvalue weighted by atomic mass is 16.7. The lowest BCUT2D eigenvalue weighted by Crippen LogP contribution is -2.04. The van der Waals surface area contributed by atoms with Crippen molar-refractivity contribution in [1.29, 1.82) is 5.26 Å². The molecular formula is C38H22N2O3. The number of nitriles is 1. The summed E-state index contributed by atoms with van der Waals surface area (Å²) in [6.07, 6.45) is 0. The summed E-state index contributed by atoms with van der Waals surface area (Å²) in [5, 5.41) is 13.9. The van der Waals surface area contributed by atoms with Crippen LogP contribution in [0.1, 0.15) is 5.56 Å². The molecule has 0 saturated carbocycles. The van der Waals surface area contributed by atoms with Crippen LogP contribution in [0, 0.1) is 11.3 Å². The summed E-state index contributed by atoms with van der Waals surface area (Å²) in [7, 11) is 0. The molecule has 202 valence electrons. The van der Waals surface area contributed by atoms with Gasteiger partial charge in [-0.05, 0) is 77.9 Å². The Morgan fingerprint density at radius 3 is 2.26 bits per heavy atom. The van der Waals surface area contributed by atoms with Gasteiger partial charge in [-0.1, -0.05) is 48.5 Å². The Kier molecular flexibility index (Phi) is 4.96. The highest BCUT2D eigenvalue weighted by Gasteiger charge is 2.20. The number of hydrogen-bond donors (Lipinski definition) is 0. The minimum Gasteiger partial charge on any atom is -0.457 e. The summed E-state index contributed by atoms with van der Waals surface area (Å²) in [6.45, 7) is 0.118. The molecule has 1 aliphatic heterocycles.